The number of pyridine rings is 1. The topological polar surface area (TPSA) is 54.0 Å². The second kappa shape index (κ2) is 6.88. The predicted octanol–water partition coefficient (Wildman–Crippen LogP) is 3.85. The van der Waals surface area contributed by atoms with Crippen molar-refractivity contribution >= 4 is 17.4 Å². The molecule has 0 spiro atoms. The Labute approximate surface area is 125 Å². The van der Waals surface area contributed by atoms with Crippen LogP contribution in [0.1, 0.15) is 32.4 Å². The maximum atomic E-state index is 11.6. The first kappa shape index (κ1) is 15.0. The van der Waals surface area contributed by atoms with Crippen molar-refractivity contribution in [3.63, 3.8) is 0 Å². The zero-order valence-electron chi connectivity index (χ0n) is 12.6. The number of aromatic nitrogens is 1. The number of carbonyl (C=O) groups excluding carboxylic acids is 1. The summed E-state index contributed by atoms with van der Waals surface area (Å²) >= 11 is 0. The van der Waals surface area contributed by atoms with E-state index in [1.165, 1.54) is 5.56 Å². The molecule has 4 nitrogen and oxygen atoms in total. The molecule has 110 valence electrons. The van der Waals surface area contributed by atoms with E-state index in [9.17, 15) is 4.79 Å². The van der Waals surface area contributed by atoms with E-state index in [1.807, 2.05) is 44.2 Å². The van der Waals surface area contributed by atoms with Gasteiger partial charge in [0.25, 0.3) is 0 Å². The summed E-state index contributed by atoms with van der Waals surface area (Å²) in [5.74, 6) is 0.741. The van der Waals surface area contributed by atoms with Gasteiger partial charge in [-0.2, -0.15) is 0 Å². The lowest BCUT2D eigenvalue weighted by Gasteiger charge is -2.15. The number of hydrogen-bond donors (Lipinski definition) is 2. The van der Waals surface area contributed by atoms with Gasteiger partial charge in [-0.3, -0.25) is 4.79 Å². The molecule has 0 bridgehead atoms. The highest BCUT2D eigenvalue weighted by molar-refractivity contribution is 5.91. The van der Waals surface area contributed by atoms with Crippen LogP contribution in [-0.2, 0) is 4.79 Å². The standard InChI is InChI=1S/C17H21N3O/c1-12(2)17(21)20-15-9-10-16(18-11-15)19-13(3)14-7-5-4-6-8-14/h4-13H,1-3H3,(H,18,19)(H,20,21). The molecule has 0 aliphatic carbocycles. The number of carbonyl (C=O) groups is 1. The molecule has 1 amide bonds. The molecule has 1 aromatic heterocycles. The zero-order valence-corrected chi connectivity index (χ0v) is 12.6. The summed E-state index contributed by atoms with van der Waals surface area (Å²) in [6, 6.07) is 14.1. The summed E-state index contributed by atoms with van der Waals surface area (Å²) in [7, 11) is 0. The van der Waals surface area contributed by atoms with Crippen molar-refractivity contribution in [2.24, 2.45) is 5.92 Å². The predicted molar refractivity (Wildman–Crippen MR) is 86.2 cm³/mol. The lowest BCUT2D eigenvalue weighted by atomic mass is 10.1. The Hall–Kier alpha value is -2.36. The largest absolute Gasteiger partial charge is 0.364 e. The highest BCUT2D eigenvalue weighted by Crippen LogP contribution is 2.18. The lowest BCUT2D eigenvalue weighted by molar-refractivity contribution is -0.118. The van der Waals surface area contributed by atoms with Crippen molar-refractivity contribution in [1.82, 2.24) is 4.98 Å². The van der Waals surface area contributed by atoms with Crippen LogP contribution >= 0.6 is 0 Å². The number of nitrogens with zero attached hydrogens (tertiary/aromatic N) is 1. The van der Waals surface area contributed by atoms with Gasteiger partial charge in [0.15, 0.2) is 0 Å². The molecule has 0 aliphatic heterocycles. The Bertz CT molecular complexity index is 579. The summed E-state index contributed by atoms with van der Waals surface area (Å²) in [6.07, 6.45) is 1.67. The highest BCUT2D eigenvalue weighted by Gasteiger charge is 2.08. The Morgan fingerprint density at radius 1 is 1.05 bits per heavy atom. The molecule has 2 aromatic rings. The molecule has 4 heteroatoms. The molecule has 0 saturated heterocycles. The smallest absolute Gasteiger partial charge is 0.226 e. The van der Waals surface area contributed by atoms with Crippen molar-refractivity contribution in [1.29, 1.82) is 0 Å². The summed E-state index contributed by atoms with van der Waals surface area (Å²) in [6.45, 7) is 5.81. The van der Waals surface area contributed by atoms with E-state index in [-0.39, 0.29) is 17.9 Å². The number of amides is 1. The van der Waals surface area contributed by atoms with E-state index in [4.69, 9.17) is 0 Å². The summed E-state index contributed by atoms with van der Waals surface area (Å²) in [5.41, 5.74) is 1.92. The number of hydrogen-bond acceptors (Lipinski definition) is 3. The van der Waals surface area contributed by atoms with Crippen LogP contribution in [0.3, 0.4) is 0 Å². The van der Waals surface area contributed by atoms with Crippen LogP contribution in [0.5, 0.6) is 0 Å². The summed E-state index contributed by atoms with van der Waals surface area (Å²) < 4.78 is 0. The van der Waals surface area contributed by atoms with Gasteiger partial charge in [-0.25, -0.2) is 4.98 Å². The molecule has 2 rings (SSSR count). The molecule has 0 saturated carbocycles. The van der Waals surface area contributed by atoms with Crippen molar-refractivity contribution in [3.8, 4) is 0 Å². The molecule has 0 radical (unpaired) electrons. The number of nitrogens with one attached hydrogen (secondary N) is 2. The second-order valence-electron chi connectivity index (χ2n) is 5.35. The fraction of sp³-hybridized carbons (Fsp3) is 0.294. The molecule has 2 N–H and O–H groups in total. The van der Waals surface area contributed by atoms with Gasteiger partial charge in [0.2, 0.25) is 5.91 Å². The first-order valence-corrected chi connectivity index (χ1v) is 7.14. The molecule has 0 aliphatic rings. The summed E-state index contributed by atoms with van der Waals surface area (Å²) in [4.78, 5) is 15.9. The molecular weight excluding hydrogens is 262 g/mol. The van der Waals surface area contributed by atoms with Gasteiger partial charge in [-0.05, 0) is 24.6 Å². The van der Waals surface area contributed by atoms with Gasteiger partial charge < -0.3 is 10.6 Å². The van der Waals surface area contributed by atoms with Crippen LogP contribution in [0.4, 0.5) is 11.5 Å². The van der Waals surface area contributed by atoms with Crippen LogP contribution in [0.15, 0.2) is 48.7 Å². The Balaban J connectivity index is 1.98. The SMILES string of the molecule is CC(C)C(=O)Nc1ccc(NC(C)c2ccccc2)nc1. The fourth-order valence-electron chi connectivity index (χ4n) is 1.89. The average Bonchev–Trinajstić information content (AvgIpc) is 2.50. The molecule has 1 heterocycles. The van der Waals surface area contributed by atoms with Crippen LogP contribution < -0.4 is 10.6 Å². The number of anilines is 2. The maximum Gasteiger partial charge on any atom is 0.226 e. The van der Waals surface area contributed by atoms with E-state index < -0.39 is 0 Å². The minimum absolute atomic E-state index is 0.00448. The van der Waals surface area contributed by atoms with Gasteiger partial charge in [-0.15, -0.1) is 0 Å². The maximum absolute atomic E-state index is 11.6. The van der Waals surface area contributed by atoms with E-state index in [0.29, 0.717) is 5.69 Å². The Morgan fingerprint density at radius 3 is 2.33 bits per heavy atom. The van der Waals surface area contributed by atoms with Crippen molar-refractivity contribution in [2.75, 3.05) is 10.6 Å². The van der Waals surface area contributed by atoms with Gasteiger partial charge in [0.1, 0.15) is 5.82 Å². The third-order valence-electron chi connectivity index (χ3n) is 3.22. The minimum atomic E-state index is -0.0408. The fourth-order valence-corrected chi connectivity index (χ4v) is 1.89. The van der Waals surface area contributed by atoms with Crippen LogP contribution in [0.2, 0.25) is 0 Å². The third kappa shape index (κ3) is 4.31. The lowest BCUT2D eigenvalue weighted by Crippen LogP contribution is -2.17. The van der Waals surface area contributed by atoms with E-state index in [2.05, 4.69) is 34.7 Å². The Morgan fingerprint density at radius 2 is 1.76 bits per heavy atom. The van der Waals surface area contributed by atoms with Crippen molar-refractivity contribution in [2.45, 2.75) is 26.8 Å². The Kier molecular flexibility index (Phi) is 4.93. The molecular formula is C17H21N3O. The van der Waals surface area contributed by atoms with E-state index >= 15 is 0 Å². The van der Waals surface area contributed by atoms with Crippen LogP contribution in [0.25, 0.3) is 0 Å². The molecule has 1 unspecified atom stereocenters. The molecule has 21 heavy (non-hydrogen) atoms. The number of benzene rings is 1. The normalized spacial score (nSPS) is 12.0. The van der Waals surface area contributed by atoms with Gasteiger partial charge >= 0.3 is 0 Å². The van der Waals surface area contributed by atoms with Crippen molar-refractivity contribution in [3.05, 3.63) is 54.2 Å². The van der Waals surface area contributed by atoms with Gasteiger partial charge in [0, 0.05) is 12.0 Å². The summed E-state index contributed by atoms with van der Waals surface area (Å²) in [5, 5.41) is 6.16. The third-order valence-corrected chi connectivity index (χ3v) is 3.22. The van der Waals surface area contributed by atoms with E-state index in [0.717, 1.165) is 5.82 Å². The zero-order chi connectivity index (χ0) is 15.2. The van der Waals surface area contributed by atoms with Crippen LogP contribution in [-0.4, -0.2) is 10.9 Å². The monoisotopic (exact) mass is 283 g/mol. The van der Waals surface area contributed by atoms with Gasteiger partial charge in [0.05, 0.1) is 11.9 Å². The van der Waals surface area contributed by atoms with Gasteiger partial charge in [-0.1, -0.05) is 44.2 Å². The first-order chi connectivity index (χ1) is 10.1. The molecule has 1 aromatic carbocycles. The number of rotatable bonds is 5. The molecule has 0 fully saturated rings. The highest BCUT2D eigenvalue weighted by atomic mass is 16.1. The minimum Gasteiger partial charge on any atom is -0.364 e. The second-order valence-corrected chi connectivity index (χ2v) is 5.35. The average molecular weight is 283 g/mol. The van der Waals surface area contributed by atoms with E-state index in [1.54, 1.807) is 6.20 Å². The first-order valence-electron chi connectivity index (χ1n) is 7.14. The quantitative estimate of drug-likeness (QED) is 0.876. The van der Waals surface area contributed by atoms with Crippen LogP contribution in [0, 0.1) is 5.92 Å². The van der Waals surface area contributed by atoms with Crippen molar-refractivity contribution < 1.29 is 4.79 Å². The molecule has 1 atom stereocenters.